The van der Waals surface area contributed by atoms with Gasteiger partial charge in [0, 0.05) is 24.4 Å². The van der Waals surface area contributed by atoms with Crippen LogP contribution in [0.1, 0.15) is 12.0 Å². The van der Waals surface area contributed by atoms with E-state index in [0.29, 0.717) is 22.9 Å². The van der Waals surface area contributed by atoms with Gasteiger partial charge in [0.15, 0.2) is 11.5 Å². The Morgan fingerprint density at radius 1 is 1.14 bits per heavy atom. The van der Waals surface area contributed by atoms with Gasteiger partial charge in [0.2, 0.25) is 0 Å². The number of hydrogen-bond acceptors (Lipinski definition) is 5. The molecule has 6 nitrogen and oxygen atoms in total. The Morgan fingerprint density at radius 3 is 2.69 bits per heavy atom. The fourth-order valence-electron chi connectivity index (χ4n) is 2.71. The molecule has 3 rings (SSSR count). The van der Waals surface area contributed by atoms with Gasteiger partial charge in [-0.2, -0.15) is 0 Å². The number of carbonyl (C=O) groups is 2. The number of rotatable bonds is 7. The highest BCUT2D eigenvalue weighted by atomic mass is 16.6. The predicted octanol–water partition coefficient (Wildman–Crippen LogP) is 3.53. The van der Waals surface area contributed by atoms with Crippen LogP contribution in [0.2, 0.25) is 0 Å². The lowest BCUT2D eigenvalue weighted by Gasteiger charge is -2.22. The molecule has 1 aromatic carbocycles. The minimum atomic E-state index is -0.478. The van der Waals surface area contributed by atoms with E-state index in [4.69, 9.17) is 9.47 Å². The highest BCUT2D eigenvalue weighted by molar-refractivity contribution is 6.07. The second-order valence-electron chi connectivity index (χ2n) is 6.24. The van der Waals surface area contributed by atoms with Crippen LogP contribution in [0.3, 0.4) is 0 Å². The van der Waals surface area contributed by atoms with Crippen LogP contribution in [-0.2, 0) is 9.59 Å². The molecule has 0 saturated carbocycles. The van der Waals surface area contributed by atoms with Crippen LogP contribution in [0.4, 0.5) is 5.82 Å². The Hall–Kier alpha value is -3.85. The van der Waals surface area contributed by atoms with Crippen molar-refractivity contribution in [3.8, 4) is 11.5 Å². The lowest BCUT2D eigenvalue weighted by molar-refractivity contribution is -0.134. The number of esters is 1. The maximum absolute atomic E-state index is 12.9. The summed E-state index contributed by atoms with van der Waals surface area (Å²) in [4.78, 5) is 31.0. The first-order valence-electron chi connectivity index (χ1n) is 9.04. The average Bonchev–Trinajstić information content (AvgIpc) is 2.76. The molecule has 0 unspecified atom stereocenters. The van der Waals surface area contributed by atoms with Gasteiger partial charge in [0.25, 0.3) is 5.91 Å². The Bertz CT molecular complexity index is 1040. The molecule has 0 N–H and O–H groups in total. The highest BCUT2D eigenvalue weighted by Gasteiger charge is 2.21. The second-order valence-corrected chi connectivity index (χ2v) is 6.24. The Labute approximate surface area is 169 Å². The average molecular weight is 388 g/mol. The first kappa shape index (κ1) is 19.9. The molecule has 0 aliphatic heterocycles. The molecule has 29 heavy (non-hydrogen) atoms. The molecular weight excluding hydrogens is 368 g/mol. The van der Waals surface area contributed by atoms with Crippen LogP contribution >= 0.6 is 0 Å². The summed E-state index contributed by atoms with van der Waals surface area (Å²) in [6.07, 6.45) is 6.39. The molecule has 1 aliphatic rings. The Morgan fingerprint density at radius 2 is 2.00 bits per heavy atom. The third-order valence-electron chi connectivity index (χ3n) is 4.16. The molecular formula is C23H20N2O4. The number of carbonyl (C=O) groups excluding carboxylic acids is 2. The van der Waals surface area contributed by atoms with Gasteiger partial charge in [0.1, 0.15) is 5.82 Å². The number of pyridine rings is 1. The number of allylic oxidation sites excluding steroid dienone is 2. The number of anilines is 1. The van der Waals surface area contributed by atoms with Crippen molar-refractivity contribution in [3.63, 3.8) is 0 Å². The van der Waals surface area contributed by atoms with Crippen LogP contribution in [-0.4, -0.2) is 30.5 Å². The number of nitrogens with zero attached hydrogens (tertiary/aromatic N) is 2. The van der Waals surface area contributed by atoms with Crippen LogP contribution in [0.25, 0.3) is 0 Å². The Balaban J connectivity index is 1.72. The quantitative estimate of drug-likeness (QED) is 0.412. The van der Waals surface area contributed by atoms with Crippen LogP contribution in [0.5, 0.6) is 11.5 Å². The van der Waals surface area contributed by atoms with Crippen molar-refractivity contribution >= 4 is 17.7 Å². The molecule has 6 heteroatoms. The highest BCUT2D eigenvalue weighted by Crippen LogP contribution is 2.28. The van der Waals surface area contributed by atoms with Crippen LogP contribution in [0.15, 0.2) is 77.9 Å². The van der Waals surface area contributed by atoms with E-state index in [1.54, 1.807) is 54.8 Å². The largest absolute Gasteiger partial charge is 0.493 e. The third kappa shape index (κ3) is 5.11. The van der Waals surface area contributed by atoms with Gasteiger partial charge in [0.05, 0.1) is 13.5 Å². The minimum absolute atomic E-state index is 0.0119. The first-order chi connectivity index (χ1) is 14.1. The standard InChI is InChI=1S/C23H20N2O4/c1-17-11-12-19(20(16-17)28-2)29-22(26)13-15-25(21-10-6-7-14-24-21)23(27)18-8-4-3-5-9-18/h4,6-12,14,16H,13,15H2,1-2H3. The summed E-state index contributed by atoms with van der Waals surface area (Å²) < 4.78 is 10.7. The summed E-state index contributed by atoms with van der Waals surface area (Å²) in [7, 11) is 1.52. The molecule has 0 fully saturated rings. The molecule has 0 radical (unpaired) electrons. The zero-order valence-electron chi connectivity index (χ0n) is 16.2. The molecule has 146 valence electrons. The summed E-state index contributed by atoms with van der Waals surface area (Å²) >= 11 is 0. The fraction of sp³-hybridized carbons (Fsp3) is 0.174. The topological polar surface area (TPSA) is 68.7 Å². The van der Waals surface area contributed by atoms with E-state index in [0.717, 1.165) is 5.56 Å². The van der Waals surface area contributed by atoms with Crippen molar-refractivity contribution in [2.45, 2.75) is 13.3 Å². The van der Waals surface area contributed by atoms with E-state index in [1.807, 2.05) is 13.0 Å². The molecule has 1 aliphatic carbocycles. The molecule has 0 spiro atoms. The predicted molar refractivity (Wildman–Crippen MR) is 109 cm³/mol. The van der Waals surface area contributed by atoms with Gasteiger partial charge in [-0.1, -0.05) is 23.6 Å². The summed E-state index contributed by atoms with van der Waals surface area (Å²) in [5.74, 6) is 0.508. The first-order valence-corrected chi connectivity index (χ1v) is 9.04. The zero-order chi connectivity index (χ0) is 20.6. The van der Waals surface area contributed by atoms with Crippen molar-refractivity contribution in [3.05, 3.63) is 83.4 Å². The van der Waals surface area contributed by atoms with Crippen molar-refractivity contribution in [2.24, 2.45) is 0 Å². The number of amides is 1. The smallest absolute Gasteiger partial charge is 0.313 e. The maximum atomic E-state index is 12.9. The van der Waals surface area contributed by atoms with Crippen molar-refractivity contribution in [1.29, 1.82) is 0 Å². The summed E-state index contributed by atoms with van der Waals surface area (Å²) in [6, 6.07) is 10.6. The van der Waals surface area contributed by atoms with Gasteiger partial charge in [-0.05, 0) is 48.9 Å². The molecule has 0 saturated heterocycles. The number of aromatic nitrogens is 1. The van der Waals surface area contributed by atoms with Crippen molar-refractivity contribution < 1.29 is 19.1 Å². The number of methoxy groups -OCH3 is 1. The zero-order valence-corrected chi connectivity index (χ0v) is 16.2. The molecule has 0 bridgehead atoms. The van der Waals surface area contributed by atoms with E-state index in [9.17, 15) is 9.59 Å². The van der Waals surface area contributed by atoms with Crippen LogP contribution in [0, 0.1) is 6.92 Å². The molecule has 0 atom stereocenters. The molecule has 1 aromatic heterocycles. The normalized spacial score (nSPS) is 11.7. The van der Waals surface area contributed by atoms with Gasteiger partial charge < -0.3 is 9.47 Å². The lowest BCUT2D eigenvalue weighted by atomic mass is 10.1. The van der Waals surface area contributed by atoms with E-state index in [2.05, 4.69) is 16.4 Å². The molecule has 2 aromatic rings. The maximum Gasteiger partial charge on any atom is 0.313 e. The molecule has 1 heterocycles. The summed E-state index contributed by atoms with van der Waals surface area (Å²) in [5, 5.41) is 0. The summed E-state index contributed by atoms with van der Waals surface area (Å²) in [5.41, 5.74) is 6.95. The van der Waals surface area contributed by atoms with Gasteiger partial charge >= 0.3 is 5.97 Å². The monoisotopic (exact) mass is 388 g/mol. The van der Waals surface area contributed by atoms with Crippen molar-refractivity contribution in [2.75, 3.05) is 18.6 Å². The second kappa shape index (κ2) is 9.38. The van der Waals surface area contributed by atoms with Gasteiger partial charge in [-0.15, -0.1) is 0 Å². The van der Waals surface area contributed by atoms with E-state index in [1.165, 1.54) is 12.0 Å². The van der Waals surface area contributed by atoms with E-state index >= 15 is 0 Å². The molecule has 1 amide bonds. The Kier molecular flexibility index (Phi) is 6.43. The van der Waals surface area contributed by atoms with Gasteiger partial charge in [-0.25, -0.2) is 4.98 Å². The lowest BCUT2D eigenvalue weighted by Crippen LogP contribution is -2.35. The number of ether oxygens (including phenoxy) is 2. The number of hydrogen-bond donors (Lipinski definition) is 0. The minimum Gasteiger partial charge on any atom is -0.493 e. The van der Waals surface area contributed by atoms with E-state index in [-0.39, 0.29) is 18.9 Å². The number of aryl methyl sites for hydroxylation is 1. The SMILES string of the molecule is COc1cc(C)ccc1OC(=O)CCN(C(=O)C1=CC=C=C=C1)c1ccccn1. The summed E-state index contributed by atoms with van der Waals surface area (Å²) in [6.45, 7) is 2.03. The fourth-order valence-corrected chi connectivity index (χ4v) is 2.71. The number of benzene rings is 1. The van der Waals surface area contributed by atoms with Crippen molar-refractivity contribution in [1.82, 2.24) is 4.98 Å². The third-order valence-corrected chi connectivity index (χ3v) is 4.16. The van der Waals surface area contributed by atoms with Gasteiger partial charge in [-0.3, -0.25) is 14.5 Å². The van der Waals surface area contributed by atoms with Crippen LogP contribution < -0.4 is 14.4 Å². The van der Waals surface area contributed by atoms with E-state index < -0.39 is 5.97 Å².